The van der Waals surface area contributed by atoms with Crippen molar-refractivity contribution in [3.63, 3.8) is 0 Å². The van der Waals surface area contributed by atoms with E-state index in [1.807, 2.05) is 18.2 Å². The molecule has 140 valence electrons. The van der Waals surface area contributed by atoms with Crippen LogP contribution in [0.15, 0.2) is 39.5 Å². The minimum atomic E-state index is -0.263. The molecule has 0 saturated carbocycles. The van der Waals surface area contributed by atoms with E-state index in [4.69, 9.17) is 9.05 Å². The average Bonchev–Trinajstić information content (AvgIpc) is 3.41. The fraction of sp³-hybridized carbons (Fsp3) is 0.421. The quantitative estimate of drug-likeness (QED) is 0.682. The number of pyridine rings is 1. The summed E-state index contributed by atoms with van der Waals surface area (Å²) in [4.78, 5) is 23.3. The third-order valence-electron chi connectivity index (χ3n) is 4.52. The van der Waals surface area contributed by atoms with Gasteiger partial charge >= 0.3 is 0 Å². The Morgan fingerprint density at radius 3 is 2.96 bits per heavy atom. The molecule has 1 fully saturated rings. The van der Waals surface area contributed by atoms with Gasteiger partial charge in [-0.2, -0.15) is 4.98 Å². The second kappa shape index (κ2) is 7.30. The molecule has 8 nitrogen and oxygen atoms in total. The summed E-state index contributed by atoms with van der Waals surface area (Å²) in [6.45, 7) is 4.81. The Morgan fingerprint density at radius 1 is 1.30 bits per heavy atom. The summed E-state index contributed by atoms with van der Waals surface area (Å²) >= 11 is 0. The molecule has 4 rings (SSSR count). The summed E-state index contributed by atoms with van der Waals surface area (Å²) in [5.41, 5.74) is 1.43. The number of amides is 1. The SMILES string of the molecule is CC(C)Cc1cc(C(=O)N2CCC[C@H]2c2nc(-c3ccccn3)no2)on1. The summed E-state index contributed by atoms with van der Waals surface area (Å²) in [6.07, 6.45) is 4.08. The molecule has 27 heavy (non-hydrogen) atoms. The average molecular weight is 367 g/mol. The van der Waals surface area contributed by atoms with Crippen LogP contribution in [-0.4, -0.2) is 37.6 Å². The van der Waals surface area contributed by atoms with E-state index >= 15 is 0 Å². The number of hydrogen-bond acceptors (Lipinski definition) is 7. The molecule has 4 heterocycles. The second-order valence-electron chi connectivity index (χ2n) is 7.11. The molecule has 1 atom stereocenters. The summed E-state index contributed by atoms with van der Waals surface area (Å²) in [5, 5.41) is 8.02. The van der Waals surface area contributed by atoms with Crippen LogP contribution in [-0.2, 0) is 6.42 Å². The maximum absolute atomic E-state index is 12.9. The van der Waals surface area contributed by atoms with Crippen molar-refractivity contribution in [3.8, 4) is 11.5 Å². The molecule has 0 unspecified atom stereocenters. The molecule has 1 aliphatic rings. The van der Waals surface area contributed by atoms with Crippen LogP contribution < -0.4 is 0 Å². The highest BCUT2D eigenvalue weighted by atomic mass is 16.5. The summed E-state index contributed by atoms with van der Waals surface area (Å²) in [7, 11) is 0. The molecule has 1 saturated heterocycles. The minimum Gasteiger partial charge on any atom is -0.351 e. The highest BCUT2D eigenvalue weighted by Crippen LogP contribution is 2.33. The van der Waals surface area contributed by atoms with Gasteiger partial charge in [-0.15, -0.1) is 0 Å². The van der Waals surface area contributed by atoms with Gasteiger partial charge in [-0.3, -0.25) is 9.78 Å². The van der Waals surface area contributed by atoms with Crippen LogP contribution in [0, 0.1) is 5.92 Å². The van der Waals surface area contributed by atoms with Gasteiger partial charge < -0.3 is 13.9 Å². The standard InChI is InChI=1S/C19H21N5O3/c1-12(2)10-13-11-16(26-22-13)19(25)24-9-5-7-15(24)18-21-17(23-27-18)14-6-3-4-8-20-14/h3-4,6,8,11-12,15H,5,7,9-10H2,1-2H3/t15-/m0/s1. The van der Waals surface area contributed by atoms with Crippen LogP contribution in [0.2, 0.25) is 0 Å². The normalized spacial score (nSPS) is 17.0. The van der Waals surface area contributed by atoms with E-state index in [1.165, 1.54) is 0 Å². The van der Waals surface area contributed by atoms with E-state index in [-0.39, 0.29) is 17.7 Å². The molecular weight excluding hydrogens is 346 g/mol. The molecule has 0 aliphatic carbocycles. The zero-order chi connectivity index (χ0) is 18.8. The largest absolute Gasteiger partial charge is 0.351 e. The molecule has 1 aliphatic heterocycles. The molecule has 3 aromatic rings. The summed E-state index contributed by atoms with van der Waals surface area (Å²) in [6, 6.07) is 6.97. The summed E-state index contributed by atoms with van der Waals surface area (Å²) in [5.74, 6) is 1.34. The zero-order valence-corrected chi connectivity index (χ0v) is 15.3. The molecule has 3 aromatic heterocycles. The first kappa shape index (κ1) is 17.4. The Hall–Kier alpha value is -3.03. The van der Waals surface area contributed by atoms with Crippen molar-refractivity contribution in [1.82, 2.24) is 25.2 Å². The van der Waals surface area contributed by atoms with E-state index in [0.717, 1.165) is 25.0 Å². The van der Waals surface area contributed by atoms with Crippen molar-refractivity contribution in [2.75, 3.05) is 6.54 Å². The van der Waals surface area contributed by atoms with Crippen molar-refractivity contribution in [2.24, 2.45) is 5.92 Å². The number of aromatic nitrogens is 4. The van der Waals surface area contributed by atoms with Gasteiger partial charge in [0, 0.05) is 18.8 Å². The number of nitrogens with zero attached hydrogens (tertiary/aromatic N) is 5. The highest BCUT2D eigenvalue weighted by molar-refractivity contribution is 5.91. The lowest BCUT2D eigenvalue weighted by Gasteiger charge is -2.20. The Morgan fingerprint density at radius 2 is 2.19 bits per heavy atom. The van der Waals surface area contributed by atoms with E-state index in [2.05, 4.69) is 34.1 Å². The van der Waals surface area contributed by atoms with Gasteiger partial charge in [0.25, 0.3) is 5.91 Å². The first-order valence-corrected chi connectivity index (χ1v) is 9.13. The number of carbonyl (C=O) groups excluding carboxylic acids is 1. The smallest absolute Gasteiger partial charge is 0.293 e. The van der Waals surface area contributed by atoms with Crippen LogP contribution >= 0.6 is 0 Å². The van der Waals surface area contributed by atoms with Crippen molar-refractivity contribution in [2.45, 2.75) is 39.2 Å². The lowest BCUT2D eigenvalue weighted by Crippen LogP contribution is -2.30. The van der Waals surface area contributed by atoms with Gasteiger partial charge in [-0.25, -0.2) is 0 Å². The number of carbonyl (C=O) groups is 1. The second-order valence-corrected chi connectivity index (χ2v) is 7.11. The highest BCUT2D eigenvalue weighted by Gasteiger charge is 2.36. The van der Waals surface area contributed by atoms with E-state index < -0.39 is 0 Å². The van der Waals surface area contributed by atoms with Crippen molar-refractivity contribution in [1.29, 1.82) is 0 Å². The maximum atomic E-state index is 12.9. The predicted octanol–water partition coefficient (Wildman–Crippen LogP) is 3.30. The monoisotopic (exact) mass is 367 g/mol. The van der Waals surface area contributed by atoms with Gasteiger partial charge in [0.1, 0.15) is 11.7 Å². The lowest BCUT2D eigenvalue weighted by atomic mass is 10.1. The van der Waals surface area contributed by atoms with E-state index in [9.17, 15) is 4.79 Å². The molecule has 0 bridgehead atoms. The van der Waals surface area contributed by atoms with Gasteiger partial charge in [0.05, 0.1) is 5.69 Å². The number of likely N-dealkylation sites (tertiary alicyclic amines) is 1. The van der Waals surface area contributed by atoms with E-state index in [1.54, 1.807) is 17.2 Å². The summed E-state index contributed by atoms with van der Waals surface area (Å²) < 4.78 is 10.7. The number of rotatable bonds is 5. The molecule has 0 radical (unpaired) electrons. The van der Waals surface area contributed by atoms with E-state index in [0.29, 0.717) is 29.9 Å². The van der Waals surface area contributed by atoms with Gasteiger partial charge in [-0.05, 0) is 37.3 Å². The molecule has 1 amide bonds. The number of hydrogen-bond donors (Lipinski definition) is 0. The Kier molecular flexibility index (Phi) is 4.70. The zero-order valence-electron chi connectivity index (χ0n) is 15.3. The molecule has 0 aromatic carbocycles. The van der Waals surface area contributed by atoms with Gasteiger partial charge in [0.15, 0.2) is 0 Å². The molecule has 8 heteroatoms. The topological polar surface area (TPSA) is 98.2 Å². The fourth-order valence-corrected chi connectivity index (χ4v) is 3.30. The first-order chi connectivity index (χ1) is 13.1. The van der Waals surface area contributed by atoms with Gasteiger partial charge in [-0.1, -0.05) is 30.2 Å². The van der Waals surface area contributed by atoms with Crippen molar-refractivity contribution >= 4 is 5.91 Å². The Bertz CT molecular complexity index is 918. The fourth-order valence-electron chi connectivity index (χ4n) is 3.30. The van der Waals surface area contributed by atoms with Crippen LogP contribution in [0.25, 0.3) is 11.5 Å². The Labute approximate surface area is 156 Å². The molecular formula is C19H21N5O3. The van der Waals surface area contributed by atoms with Crippen LogP contribution in [0.5, 0.6) is 0 Å². The molecule has 0 spiro atoms. The minimum absolute atomic E-state index is 0.197. The molecule has 0 N–H and O–H groups in total. The predicted molar refractivity (Wildman–Crippen MR) is 95.6 cm³/mol. The van der Waals surface area contributed by atoms with Crippen LogP contribution in [0.3, 0.4) is 0 Å². The van der Waals surface area contributed by atoms with Crippen LogP contribution in [0.4, 0.5) is 0 Å². The van der Waals surface area contributed by atoms with Crippen molar-refractivity contribution in [3.05, 3.63) is 47.8 Å². The maximum Gasteiger partial charge on any atom is 0.293 e. The Balaban J connectivity index is 1.53. The van der Waals surface area contributed by atoms with Crippen LogP contribution in [0.1, 0.15) is 54.9 Å². The first-order valence-electron chi connectivity index (χ1n) is 9.13. The van der Waals surface area contributed by atoms with Crippen molar-refractivity contribution < 1.29 is 13.8 Å². The third kappa shape index (κ3) is 3.60. The third-order valence-corrected chi connectivity index (χ3v) is 4.52. The van der Waals surface area contributed by atoms with Gasteiger partial charge in [0.2, 0.25) is 17.5 Å². The lowest BCUT2D eigenvalue weighted by molar-refractivity contribution is 0.0668.